The number of anilines is 2. The molecule has 1 aliphatic carbocycles. The first-order valence-electron chi connectivity index (χ1n) is 13.1. The van der Waals surface area contributed by atoms with E-state index in [4.69, 9.17) is 15.7 Å². The number of nitrogens with zero attached hydrogens (tertiary/aromatic N) is 6. The van der Waals surface area contributed by atoms with Gasteiger partial charge in [-0.05, 0) is 60.8 Å². The number of halogens is 2. The van der Waals surface area contributed by atoms with Gasteiger partial charge in [-0.2, -0.15) is 0 Å². The van der Waals surface area contributed by atoms with Crippen LogP contribution in [0.4, 0.5) is 20.3 Å². The van der Waals surface area contributed by atoms with Gasteiger partial charge in [0, 0.05) is 31.9 Å². The van der Waals surface area contributed by atoms with Gasteiger partial charge in [0.25, 0.3) is 6.43 Å². The normalized spacial score (nSPS) is 21.2. The molecule has 4 aliphatic rings. The lowest BCUT2D eigenvalue weighted by Gasteiger charge is -2.43. The highest BCUT2D eigenvalue weighted by Gasteiger charge is 2.46. The first-order chi connectivity index (χ1) is 18.0. The molecule has 7 nitrogen and oxygen atoms in total. The van der Waals surface area contributed by atoms with E-state index in [-0.39, 0.29) is 24.6 Å². The number of aryl methyl sites for hydroxylation is 1. The van der Waals surface area contributed by atoms with Gasteiger partial charge in [0.15, 0.2) is 11.7 Å². The number of rotatable bonds is 2. The molecular weight excluding hydrogens is 484 g/mol. The van der Waals surface area contributed by atoms with Crippen molar-refractivity contribution in [3.05, 3.63) is 76.5 Å². The number of pyridine rings is 1. The summed E-state index contributed by atoms with van der Waals surface area (Å²) in [6, 6.07) is 12.3. The van der Waals surface area contributed by atoms with Gasteiger partial charge >= 0.3 is 0 Å². The number of nitrogens with two attached hydrogens (primary N) is 1. The molecule has 5 heterocycles. The number of aliphatic imine (C=N–C) groups is 1. The molecule has 38 heavy (non-hydrogen) atoms. The lowest BCUT2D eigenvalue weighted by atomic mass is 9.73. The Balaban J connectivity index is 0.00000264. The minimum Gasteiger partial charge on any atom is -0.355 e. The third-order valence-corrected chi connectivity index (χ3v) is 8.63. The van der Waals surface area contributed by atoms with E-state index in [0.29, 0.717) is 42.7 Å². The summed E-state index contributed by atoms with van der Waals surface area (Å²) >= 11 is 0. The van der Waals surface area contributed by atoms with Gasteiger partial charge in [0.2, 0.25) is 0 Å². The number of hydrogen-bond acceptors (Lipinski definition) is 7. The zero-order valence-corrected chi connectivity index (χ0v) is 20.6. The Hall–Kier alpha value is -3.46. The van der Waals surface area contributed by atoms with Crippen molar-refractivity contribution in [2.24, 2.45) is 16.1 Å². The molecule has 2 N–H and O–H groups in total. The molecule has 1 fully saturated rings. The van der Waals surface area contributed by atoms with Crippen LogP contribution in [-0.2, 0) is 19.4 Å². The number of alkyl halides is 2. The highest BCUT2D eigenvalue weighted by atomic mass is 19.3. The smallest absolute Gasteiger partial charge is 0.284 e. The topological polar surface area (TPSA) is 83.5 Å². The molecule has 3 aliphatic heterocycles. The molecule has 7 rings (SSSR count). The number of aromatic nitrogens is 3. The predicted octanol–water partition coefficient (Wildman–Crippen LogP) is 5.00. The number of piperidine rings is 1. The van der Waals surface area contributed by atoms with Crippen LogP contribution in [0.2, 0.25) is 0 Å². The molecule has 9 heteroatoms. The summed E-state index contributed by atoms with van der Waals surface area (Å²) < 4.78 is 28.8. The van der Waals surface area contributed by atoms with Gasteiger partial charge in [-0.25, -0.2) is 18.7 Å². The summed E-state index contributed by atoms with van der Waals surface area (Å²) in [5, 5.41) is 0. The molecule has 1 aromatic carbocycles. The second-order valence-corrected chi connectivity index (χ2v) is 10.6. The highest BCUT2D eigenvalue weighted by molar-refractivity contribution is 6.11. The molecule has 2 aromatic heterocycles. The standard InChI is InChI=1S/C28H29F2N7.CH4/c29-25(30)23-27(36-13-9-28(10-14-36)15-17-5-1-2-6-18(17)24(28)31)34-20-16-33-26(22(20)35-23)37-12-4-7-19-21(37)8-3-11-32-19;/h1-3,5-6,8,11,24-25H,4,7,9-10,12-16,31H2;1H4/t24-;/m1./s1. The van der Waals surface area contributed by atoms with Crippen LogP contribution in [0.5, 0.6) is 0 Å². The van der Waals surface area contributed by atoms with Crippen molar-refractivity contribution in [3.63, 3.8) is 0 Å². The maximum absolute atomic E-state index is 14.4. The first kappa shape index (κ1) is 24.9. The zero-order valence-electron chi connectivity index (χ0n) is 20.6. The molecule has 198 valence electrons. The molecule has 0 saturated carbocycles. The second-order valence-electron chi connectivity index (χ2n) is 10.6. The van der Waals surface area contributed by atoms with Gasteiger partial charge in [-0.1, -0.05) is 31.7 Å². The van der Waals surface area contributed by atoms with E-state index < -0.39 is 6.43 Å². The third-order valence-electron chi connectivity index (χ3n) is 8.63. The van der Waals surface area contributed by atoms with Gasteiger partial charge < -0.3 is 15.5 Å². The summed E-state index contributed by atoms with van der Waals surface area (Å²) in [6.07, 6.45) is 3.50. The van der Waals surface area contributed by atoms with Crippen molar-refractivity contribution >= 4 is 17.3 Å². The molecule has 0 bridgehead atoms. The summed E-state index contributed by atoms with van der Waals surface area (Å²) in [6.45, 7) is 2.36. The van der Waals surface area contributed by atoms with Crippen LogP contribution in [0.3, 0.4) is 0 Å². The van der Waals surface area contributed by atoms with E-state index in [1.165, 1.54) is 11.1 Å². The van der Waals surface area contributed by atoms with Crippen LogP contribution in [0.25, 0.3) is 0 Å². The van der Waals surface area contributed by atoms with Gasteiger partial charge in [-0.15, -0.1) is 0 Å². The summed E-state index contributed by atoms with van der Waals surface area (Å²) in [7, 11) is 0. The van der Waals surface area contributed by atoms with Crippen LogP contribution >= 0.6 is 0 Å². The van der Waals surface area contributed by atoms with Crippen LogP contribution in [0.1, 0.15) is 73.1 Å². The van der Waals surface area contributed by atoms with Crippen molar-refractivity contribution < 1.29 is 8.78 Å². The van der Waals surface area contributed by atoms with Gasteiger partial charge in [-0.3, -0.25) is 9.98 Å². The quantitative estimate of drug-likeness (QED) is 0.515. The summed E-state index contributed by atoms with van der Waals surface area (Å²) in [4.78, 5) is 22.5. The molecule has 0 amide bonds. The number of hydrogen-bond donors (Lipinski definition) is 1. The molecule has 1 atom stereocenters. The van der Waals surface area contributed by atoms with Crippen LogP contribution in [0, 0.1) is 5.41 Å². The average molecular weight is 518 g/mol. The Labute approximate surface area is 221 Å². The fourth-order valence-electron chi connectivity index (χ4n) is 6.66. The van der Waals surface area contributed by atoms with E-state index in [1.807, 2.05) is 23.1 Å². The highest BCUT2D eigenvalue weighted by Crippen LogP contribution is 2.51. The Bertz CT molecular complexity index is 1400. The van der Waals surface area contributed by atoms with E-state index in [9.17, 15) is 8.78 Å². The minimum absolute atomic E-state index is 0. The fourth-order valence-corrected chi connectivity index (χ4v) is 6.66. The number of benzene rings is 1. The monoisotopic (exact) mass is 517 g/mol. The van der Waals surface area contributed by atoms with Gasteiger partial charge in [0.1, 0.15) is 11.4 Å². The van der Waals surface area contributed by atoms with Crippen molar-refractivity contribution in [2.75, 3.05) is 29.4 Å². The van der Waals surface area contributed by atoms with E-state index in [2.05, 4.69) is 33.1 Å². The largest absolute Gasteiger partial charge is 0.355 e. The number of amidine groups is 1. The summed E-state index contributed by atoms with van der Waals surface area (Å²) in [5.41, 5.74) is 12.1. The Kier molecular flexibility index (Phi) is 6.13. The third kappa shape index (κ3) is 3.78. The van der Waals surface area contributed by atoms with E-state index >= 15 is 0 Å². The molecule has 0 radical (unpaired) electrons. The van der Waals surface area contributed by atoms with Gasteiger partial charge in [0.05, 0.1) is 23.6 Å². The fraction of sp³-hybridized carbons (Fsp3) is 0.448. The van der Waals surface area contributed by atoms with Crippen molar-refractivity contribution in [1.29, 1.82) is 0 Å². The molecule has 1 spiro atoms. The molecule has 0 unspecified atom stereocenters. The predicted molar refractivity (Wildman–Crippen MR) is 145 cm³/mol. The van der Waals surface area contributed by atoms with Crippen molar-refractivity contribution in [2.45, 2.75) is 58.5 Å². The molecule has 3 aromatic rings. The molecular formula is C29H33F2N7. The Morgan fingerprint density at radius 2 is 1.82 bits per heavy atom. The maximum atomic E-state index is 14.4. The minimum atomic E-state index is -2.72. The average Bonchev–Trinajstić information content (AvgIpc) is 3.46. The van der Waals surface area contributed by atoms with Crippen LogP contribution in [-0.4, -0.2) is 40.4 Å². The van der Waals surface area contributed by atoms with E-state index in [1.54, 1.807) is 6.20 Å². The Morgan fingerprint density at radius 3 is 2.61 bits per heavy atom. The molecule has 1 saturated heterocycles. The first-order valence-corrected chi connectivity index (χ1v) is 13.1. The number of fused-ring (bicyclic) bond motifs is 3. The maximum Gasteiger partial charge on any atom is 0.284 e. The second kappa shape index (κ2) is 9.38. The SMILES string of the molecule is C.N[C@@H]1c2ccccc2CC12CCN(c1nc3c(nc1C(F)F)C(N1CCCc4ncccc41)=NC3)CC2. The lowest BCUT2D eigenvalue weighted by Crippen LogP contribution is -2.45. The zero-order chi connectivity index (χ0) is 25.1. The van der Waals surface area contributed by atoms with Crippen LogP contribution < -0.4 is 15.5 Å². The van der Waals surface area contributed by atoms with Crippen LogP contribution in [0.15, 0.2) is 47.6 Å². The summed E-state index contributed by atoms with van der Waals surface area (Å²) in [5.74, 6) is 0.919. The Morgan fingerprint density at radius 1 is 1.00 bits per heavy atom. The van der Waals surface area contributed by atoms with E-state index in [0.717, 1.165) is 50.0 Å². The van der Waals surface area contributed by atoms with Crippen molar-refractivity contribution in [1.82, 2.24) is 15.0 Å². The van der Waals surface area contributed by atoms with Crippen molar-refractivity contribution in [3.8, 4) is 0 Å². The lowest BCUT2D eigenvalue weighted by molar-refractivity contribution is 0.144.